The van der Waals surface area contributed by atoms with Gasteiger partial charge in [0.25, 0.3) is 0 Å². The van der Waals surface area contributed by atoms with Crippen LogP contribution in [-0.2, 0) is 24.2 Å². The molecular weight excluding hydrogens is 520 g/mol. The minimum absolute atomic E-state index is 0.201. The monoisotopic (exact) mass is 562 g/mol. The summed E-state index contributed by atoms with van der Waals surface area (Å²) >= 11 is 1.59. The van der Waals surface area contributed by atoms with Gasteiger partial charge in [-0.25, -0.2) is 9.78 Å². The lowest BCUT2D eigenvalue weighted by Gasteiger charge is -2.24. The molecule has 3 atom stereocenters. The molecule has 0 spiro atoms. The summed E-state index contributed by atoms with van der Waals surface area (Å²) in [6, 6.07) is 18.4. The second-order valence-corrected chi connectivity index (χ2v) is 11.2. The van der Waals surface area contributed by atoms with Crippen LogP contribution in [0.25, 0.3) is 0 Å². The maximum absolute atomic E-state index is 13.4. The molecule has 0 aliphatic carbocycles. The number of nitrogens with zero attached hydrogens (tertiary/aromatic N) is 2. The van der Waals surface area contributed by atoms with Gasteiger partial charge in [0.1, 0.15) is 6.04 Å². The van der Waals surface area contributed by atoms with E-state index in [1.165, 1.54) is 4.90 Å². The van der Waals surface area contributed by atoms with E-state index in [0.29, 0.717) is 31.7 Å². The Morgan fingerprint density at radius 3 is 2.17 bits per heavy atom. The van der Waals surface area contributed by atoms with Crippen LogP contribution in [0.15, 0.2) is 78.2 Å². The highest BCUT2D eigenvalue weighted by atomic mass is 32.1. The summed E-state index contributed by atoms with van der Waals surface area (Å²) in [7, 11) is 1.69. The Hall–Kier alpha value is -3.53. The highest BCUT2D eigenvalue weighted by Crippen LogP contribution is 2.19. The Morgan fingerprint density at radius 1 is 0.975 bits per heavy atom. The van der Waals surface area contributed by atoms with E-state index in [4.69, 9.17) is 11.5 Å². The minimum Gasteiger partial charge on any atom is -0.348 e. The van der Waals surface area contributed by atoms with Crippen LogP contribution in [0.3, 0.4) is 0 Å². The zero-order valence-corrected chi connectivity index (χ0v) is 24.4. The Kier molecular flexibility index (Phi) is 12.3. The number of amides is 3. The van der Waals surface area contributed by atoms with Gasteiger partial charge in [-0.05, 0) is 36.9 Å². The number of rotatable bonds is 14. The standard InChI is InChI=1S/C31H42N6O2S/c1-22(2)30-35-27(21-40-30)20-37(3)31(39)36-28(16-17-32)29(38)34-26(19-24-12-8-5-9-13-24)15-14-25(33)18-23-10-6-4-7-11-23/h4-15,21-22,25-26,28H,16-20,32-33H2,1-3H3,(H,34,38)(H,36,39)/b15-14+. The lowest BCUT2D eigenvalue weighted by atomic mass is 10.0. The van der Waals surface area contributed by atoms with Crippen molar-refractivity contribution >= 4 is 23.3 Å². The van der Waals surface area contributed by atoms with Gasteiger partial charge in [-0.2, -0.15) is 0 Å². The molecule has 0 aliphatic heterocycles. The van der Waals surface area contributed by atoms with E-state index < -0.39 is 6.04 Å². The first-order chi connectivity index (χ1) is 19.2. The van der Waals surface area contributed by atoms with E-state index in [1.54, 1.807) is 18.4 Å². The number of nitrogens with one attached hydrogen (secondary N) is 2. The molecule has 0 bridgehead atoms. The Labute approximate surface area is 241 Å². The summed E-state index contributed by atoms with van der Waals surface area (Å²) in [5.41, 5.74) is 15.3. The number of aromatic nitrogens is 1. The molecule has 2 aromatic carbocycles. The zero-order chi connectivity index (χ0) is 28.9. The van der Waals surface area contributed by atoms with Crippen molar-refractivity contribution in [3.8, 4) is 0 Å². The van der Waals surface area contributed by atoms with Crippen LogP contribution in [0.4, 0.5) is 4.79 Å². The molecule has 3 amide bonds. The summed E-state index contributed by atoms with van der Waals surface area (Å²) < 4.78 is 0. The highest BCUT2D eigenvalue weighted by molar-refractivity contribution is 7.09. The summed E-state index contributed by atoms with van der Waals surface area (Å²) in [6.45, 7) is 4.79. The molecule has 214 valence electrons. The maximum Gasteiger partial charge on any atom is 0.318 e. The zero-order valence-electron chi connectivity index (χ0n) is 23.6. The normalized spacial score (nSPS) is 13.7. The summed E-state index contributed by atoms with van der Waals surface area (Å²) in [4.78, 5) is 32.5. The van der Waals surface area contributed by atoms with Gasteiger partial charge in [-0.1, -0.05) is 86.7 Å². The third-order valence-corrected chi connectivity index (χ3v) is 7.60. The van der Waals surface area contributed by atoms with Crippen LogP contribution in [0.2, 0.25) is 0 Å². The van der Waals surface area contributed by atoms with Crippen molar-refractivity contribution in [3.63, 3.8) is 0 Å². The fourth-order valence-electron chi connectivity index (χ4n) is 4.22. The number of thiazole rings is 1. The molecule has 6 N–H and O–H groups in total. The van der Waals surface area contributed by atoms with Crippen molar-refractivity contribution in [2.45, 2.75) is 63.7 Å². The van der Waals surface area contributed by atoms with E-state index in [0.717, 1.165) is 21.8 Å². The van der Waals surface area contributed by atoms with E-state index in [1.807, 2.05) is 78.2 Å². The molecule has 1 heterocycles. The van der Waals surface area contributed by atoms with Gasteiger partial charge in [0, 0.05) is 24.4 Å². The molecule has 0 saturated heterocycles. The van der Waals surface area contributed by atoms with Gasteiger partial charge in [-0.3, -0.25) is 4.79 Å². The van der Waals surface area contributed by atoms with E-state index >= 15 is 0 Å². The number of hydrogen-bond donors (Lipinski definition) is 4. The molecule has 3 aromatic rings. The average molecular weight is 563 g/mol. The van der Waals surface area contributed by atoms with E-state index in [9.17, 15) is 9.59 Å². The first-order valence-corrected chi connectivity index (χ1v) is 14.6. The number of nitrogens with two attached hydrogens (primary N) is 2. The number of hydrogen-bond acceptors (Lipinski definition) is 6. The van der Waals surface area contributed by atoms with Crippen LogP contribution in [-0.4, -0.2) is 53.5 Å². The van der Waals surface area contributed by atoms with Crippen LogP contribution in [0.5, 0.6) is 0 Å². The van der Waals surface area contributed by atoms with Crippen molar-refractivity contribution in [2.24, 2.45) is 11.5 Å². The van der Waals surface area contributed by atoms with Crippen LogP contribution in [0.1, 0.15) is 48.0 Å². The Bertz CT molecular complexity index is 1210. The van der Waals surface area contributed by atoms with E-state index in [2.05, 4.69) is 29.5 Å². The second kappa shape index (κ2) is 15.9. The number of carbonyl (C=O) groups excluding carboxylic acids is 2. The summed E-state index contributed by atoms with van der Waals surface area (Å²) in [6.07, 6.45) is 5.48. The third-order valence-electron chi connectivity index (χ3n) is 6.41. The molecule has 40 heavy (non-hydrogen) atoms. The smallest absolute Gasteiger partial charge is 0.318 e. The predicted octanol–water partition coefficient (Wildman–Crippen LogP) is 3.98. The maximum atomic E-state index is 13.4. The molecular formula is C31H42N6O2S. The van der Waals surface area contributed by atoms with Crippen molar-refractivity contribution < 1.29 is 9.59 Å². The fraction of sp³-hybridized carbons (Fsp3) is 0.387. The minimum atomic E-state index is -0.772. The van der Waals surface area contributed by atoms with Crippen molar-refractivity contribution in [1.82, 2.24) is 20.5 Å². The fourth-order valence-corrected chi connectivity index (χ4v) is 5.05. The SMILES string of the molecule is CC(C)c1nc(CN(C)C(=O)NC(CCN)C(=O)NC(/C=C/C(N)Cc2ccccc2)Cc2ccccc2)cs1. The molecule has 0 radical (unpaired) electrons. The highest BCUT2D eigenvalue weighted by Gasteiger charge is 2.24. The van der Waals surface area contributed by atoms with Gasteiger partial charge >= 0.3 is 6.03 Å². The molecule has 1 aromatic heterocycles. The molecule has 8 nitrogen and oxygen atoms in total. The number of benzene rings is 2. The van der Waals surface area contributed by atoms with Gasteiger partial charge in [-0.15, -0.1) is 11.3 Å². The van der Waals surface area contributed by atoms with Crippen LogP contribution in [0, 0.1) is 0 Å². The lowest BCUT2D eigenvalue weighted by Crippen LogP contribution is -2.53. The quantitative estimate of drug-likeness (QED) is 0.221. The molecule has 0 aliphatic rings. The Balaban J connectivity index is 1.65. The first kappa shape index (κ1) is 31.0. The van der Waals surface area contributed by atoms with Crippen LogP contribution >= 0.6 is 11.3 Å². The lowest BCUT2D eigenvalue weighted by molar-refractivity contribution is -0.123. The van der Waals surface area contributed by atoms with Gasteiger partial charge in [0.15, 0.2) is 0 Å². The molecule has 3 unspecified atom stereocenters. The molecule has 0 saturated carbocycles. The summed E-state index contributed by atoms with van der Waals surface area (Å²) in [5, 5.41) is 8.95. The summed E-state index contributed by atoms with van der Waals surface area (Å²) in [5.74, 6) is 0.0476. The van der Waals surface area contributed by atoms with Crippen molar-refractivity contribution in [3.05, 3.63) is 100 Å². The van der Waals surface area contributed by atoms with Gasteiger partial charge in [0.05, 0.1) is 23.3 Å². The number of urea groups is 1. The van der Waals surface area contributed by atoms with Crippen LogP contribution < -0.4 is 22.1 Å². The number of carbonyl (C=O) groups is 2. The molecule has 9 heteroatoms. The van der Waals surface area contributed by atoms with Gasteiger partial charge < -0.3 is 27.0 Å². The predicted molar refractivity (Wildman–Crippen MR) is 163 cm³/mol. The van der Waals surface area contributed by atoms with E-state index in [-0.39, 0.29) is 30.6 Å². The molecule has 3 rings (SSSR count). The average Bonchev–Trinajstić information content (AvgIpc) is 3.41. The van der Waals surface area contributed by atoms with Crippen molar-refractivity contribution in [2.75, 3.05) is 13.6 Å². The molecule has 0 fully saturated rings. The first-order valence-electron chi connectivity index (χ1n) is 13.7. The third kappa shape index (κ3) is 10.2. The second-order valence-electron chi connectivity index (χ2n) is 10.3. The Morgan fingerprint density at radius 2 is 1.60 bits per heavy atom. The largest absolute Gasteiger partial charge is 0.348 e. The van der Waals surface area contributed by atoms with Crippen molar-refractivity contribution in [1.29, 1.82) is 0 Å². The topological polar surface area (TPSA) is 126 Å². The van der Waals surface area contributed by atoms with Gasteiger partial charge in [0.2, 0.25) is 5.91 Å².